The van der Waals surface area contributed by atoms with Gasteiger partial charge in [0.05, 0.1) is 6.54 Å². The second-order valence-electron chi connectivity index (χ2n) is 19.0. The van der Waals surface area contributed by atoms with Crippen molar-refractivity contribution in [3.8, 4) is 0 Å². The number of likely N-dealkylation sites (tertiary alicyclic amines) is 1. The van der Waals surface area contributed by atoms with E-state index < -0.39 is 34.9 Å². The van der Waals surface area contributed by atoms with Gasteiger partial charge in [0.15, 0.2) is 0 Å². The average Bonchev–Trinajstić information content (AvgIpc) is 3.43. The Kier molecular flexibility index (Phi) is 20.1. The van der Waals surface area contributed by atoms with E-state index in [-0.39, 0.29) is 24.4 Å². The third kappa shape index (κ3) is 15.0. The number of piperidine rings is 1. The lowest BCUT2D eigenvalue weighted by atomic mass is 9.68. The number of benzene rings is 2. The maximum atomic E-state index is 14.6. The third-order valence-electron chi connectivity index (χ3n) is 12.7. The van der Waals surface area contributed by atoms with Gasteiger partial charge in [-0.15, -0.1) is 0 Å². The van der Waals surface area contributed by atoms with Crippen molar-refractivity contribution in [2.75, 3.05) is 13.1 Å². The summed E-state index contributed by atoms with van der Waals surface area (Å²) in [5.41, 5.74) is -0.609. The number of unbranched alkanes of at least 4 members (excludes halogenated alkanes) is 16. The summed E-state index contributed by atoms with van der Waals surface area (Å²) in [6.45, 7) is 13.3. The molecule has 2 aliphatic rings. The highest BCUT2D eigenvalue weighted by Crippen LogP contribution is 2.47. The first-order valence-electron chi connectivity index (χ1n) is 23.7. The van der Waals surface area contributed by atoms with Crippen molar-refractivity contribution >= 4 is 23.9 Å². The van der Waals surface area contributed by atoms with Crippen LogP contribution in [0, 0.1) is 0 Å². The molecule has 0 saturated carbocycles. The van der Waals surface area contributed by atoms with E-state index in [1.165, 1.54) is 81.9 Å². The molecular formula is C51H79N3O6. The quantitative estimate of drug-likeness (QED) is 0.0517. The standard InChI is InChI=1S/C51H79N3O6/c1-7-9-11-13-15-17-19-21-29-35-45(55)59-43(41-31-25-23-26-32-41)37-53-47(57)51(52-48(53)58)39-49(3,4)54(50(5,6)40-51)38-44(42-33-27-24-28-34-42)60-46(56)36-30-22-20-18-16-14-12-10-8-2/h23-28,31-34,43-44H,7-22,29-30,35-40H2,1-6H3,(H,52,58). The molecule has 0 bridgehead atoms. The first-order chi connectivity index (χ1) is 28.8. The predicted octanol–water partition coefficient (Wildman–Crippen LogP) is 12.3. The molecule has 1 N–H and O–H groups in total. The lowest BCUT2D eigenvalue weighted by Gasteiger charge is -2.58. The highest BCUT2D eigenvalue weighted by atomic mass is 16.5. The van der Waals surface area contributed by atoms with Crippen LogP contribution in [0.1, 0.15) is 206 Å². The molecule has 2 aliphatic heterocycles. The topological polar surface area (TPSA) is 105 Å². The van der Waals surface area contributed by atoms with Crippen LogP contribution < -0.4 is 5.32 Å². The highest BCUT2D eigenvalue weighted by molar-refractivity contribution is 6.07. The number of hydrogen-bond donors (Lipinski definition) is 1. The second-order valence-corrected chi connectivity index (χ2v) is 19.0. The molecule has 0 aliphatic carbocycles. The number of carbonyl (C=O) groups is 4. The summed E-state index contributed by atoms with van der Waals surface area (Å²) in [6, 6.07) is 18.8. The van der Waals surface area contributed by atoms with Gasteiger partial charge in [-0.25, -0.2) is 4.79 Å². The van der Waals surface area contributed by atoms with E-state index in [1.807, 2.05) is 60.7 Å². The number of urea groups is 1. The molecule has 9 heteroatoms. The molecule has 2 atom stereocenters. The molecule has 2 heterocycles. The number of imide groups is 1. The second kappa shape index (κ2) is 24.7. The largest absolute Gasteiger partial charge is 0.456 e. The fraction of sp³-hybridized carbons (Fsp3) is 0.686. The summed E-state index contributed by atoms with van der Waals surface area (Å²) in [5.74, 6) is -0.797. The van der Waals surface area contributed by atoms with Crippen LogP contribution in [0.2, 0.25) is 0 Å². The van der Waals surface area contributed by atoms with Crippen LogP contribution >= 0.6 is 0 Å². The first-order valence-corrected chi connectivity index (χ1v) is 23.7. The Hall–Kier alpha value is -3.72. The Morgan fingerprint density at radius 3 is 1.33 bits per heavy atom. The molecule has 1 spiro atoms. The van der Waals surface area contributed by atoms with Crippen LogP contribution in [-0.4, -0.2) is 63.4 Å². The highest BCUT2D eigenvalue weighted by Gasteiger charge is 2.61. The van der Waals surface area contributed by atoms with E-state index in [4.69, 9.17) is 9.47 Å². The van der Waals surface area contributed by atoms with Crippen molar-refractivity contribution in [2.24, 2.45) is 0 Å². The number of esters is 2. The monoisotopic (exact) mass is 830 g/mol. The smallest absolute Gasteiger partial charge is 0.325 e. The van der Waals surface area contributed by atoms with E-state index in [9.17, 15) is 19.2 Å². The van der Waals surface area contributed by atoms with Gasteiger partial charge < -0.3 is 14.8 Å². The van der Waals surface area contributed by atoms with E-state index in [1.54, 1.807) is 0 Å². The number of rotatable bonds is 28. The summed E-state index contributed by atoms with van der Waals surface area (Å²) in [7, 11) is 0. The lowest BCUT2D eigenvalue weighted by molar-refractivity contribution is -0.158. The number of carbonyl (C=O) groups excluding carboxylic acids is 4. The van der Waals surface area contributed by atoms with Crippen molar-refractivity contribution in [1.29, 1.82) is 0 Å². The molecule has 2 aromatic carbocycles. The van der Waals surface area contributed by atoms with E-state index in [2.05, 4.69) is 51.8 Å². The molecule has 2 aromatic rings. The molecule has 60 heavy (non-hydrogen) atoms. The Balaban J connectivity index is 1.38. The van der Waals surface area contributed by atoms with Crippen molar-refractivity contribution < 1.29 is 28.7 Å². The Morgan fingerprint density at radius 2 is 0.933 bits per heavy atom. The van der Waals surface area contributed by atoms with Crippen LogP contribution in [0.4, 0.5) is 4.79 Å². The van der Waals surface area contributed by atoms with Gasteiger partial charge in [0.1, 0.15) is 17.7 Å². The minimum absolute atomic E-state index is 0.0600. The van der Waals surface area contributed by atoms with Crippen molar-refractivity contribution in [3.63, 3.8) is 0 Å². The van der Waals surface area contributed by atoms with Gasteiger partial charge in [-0.05, 0) is 64.5 Å². The fourth-order valence-corrected chi connectivity index (χ4v) is 9.81. The average molecular weight is 830 g/mol. The molecule has 4 rings (SSSR count). The molecule has 334 valence electrons. The molecular weight excluding hydrogens is 751 g/mol. The fourth-order valence-electron chi connectivity index (χ4n) is 9.81. The SMILES string of the molecule is CCCCCCCCCCCC(=O)OC(CN1C(=O)NC2(CC(C)(C)N(CC(OC(=O)CCCCCCCCCCC)c3ccccc3)C(C)(C)C2)C1=O)c1ccccc1. The molecule has 0 radical (unpaired) electrons. The van der Waals surface area contributed by atoms with Crippen LogP contribution in [0.5, 0.6) is 0 Å². The number of nitrogens with zero attached hydrogens (tertiary/aromatic N) is 2. The number of nitrogens with one attached hydrogen (secondary N) is 1. The Morgan fingerprint density at radius 1 is 0.567 bits per heavy atom. The number of amides is 3. The number of ether oxygens (including phenoxy) is 2. The van der Waals surface area contributed by atoms with E-state index in [0.29, 0.717) is 32.2 Å². The van der Waals surface area contributed by atoms with Gasteiger partial charge in [-0.2, -0.15) is 0 Å². The van der Waals surface area contributed by atoms with Crippen molar-refractivity contribution in [1.82, 2.24) is 15.1 Å². The van der Waals surface area contributed by atoms with E-state index in [0.717, 1.165) is 49.7 Å². The lowest BCUT2D eigenvalue weighted by Crippen LogP contribution is -2.70. The Bertz CT molecular complexity index is 1580. The normalized spacial score (nSPS) is 18.0. The van der Waals surface area contributed by atoms with Gasteiger partial charge in [0, 0.05) is 30.5 Å². The van der Waals surface area contributed by atoms with Crippen LogP contribution in [0.15, 0.2) is 60.7 Å². The molecule has 2 saturated heterocycles. The third-order valence-corrected chi connectivity index (χ3v) is 12.7. The summed E-state index contributed by atoms with van der Waals surface area (Å²) < 4.78 is 12.3. The first kappa shape index (κ1) is 48.9. The minimum Gasteiger partial charge on any atom is -0.456 e. The van der Waals surface area contributed by atoms with Crippen molar-refractivity contribution in [3.05, 3.63) is 71.8 Å². The van der Waals surface area contributed by atoms with Crippen LogP contribution in [0.3, 0.4) is 0 Å². The van der Waals surface area contributed by atoms with Crippen LogP contribution in [0.25, 0.3) is 0 Å². The summed E-state index contributed by atoms with van der Waals surface area (Å²) in [6.07, 6.45) is 21.2. The predicted molar refractivity (Wildman–Crippen MR) is 241 cm³/mol. The van der Waals surface area contributed by atoms with Crippen molar-refractivity contribution in [2.45, 2.75) is 212 Å². The summed E-state index contributed by atoms with van der Waals surface area (Å²) in [4.78, 5) is 58.6. The minimum atomic E-state index is -1.14. The molecule has 2 fully saturated rings. The van der Waals surface area contributed by atoms with Gasteiger partial charge in [0.25, 0.3) is 5.91 Å². The molecule has 3 amide bonds. The zero-order chi connectivity index (χ0) is 43.4. The maximum absolute atomic E-state index is 14.6. The Labute approximate surface area is 363 Å². The van der Waals surface area contributed by atoms with Crippen LogP contribution in [-0.2, 0) is 23.9 Å². The summed E-state index contributed by atoms with van der Waals surface area (Å²) in [5, 5.41) is 3.13. The van der Waals surface area contributed by atoms with E-state index >= 15 is 0 Å². The zero-order valence-electron chi connectivity index (χ0n) is 38.2. The molecule has 2 unspecified atom stereocenters. The molecule has 0 aromatic heterocycles. The molecule has 9 nitrogen and oxygen atoms in total. The van der Waals surface area contributed by atoms with Gasteiger partial charge >= 0.3 is 18.0 Å². The van der Waals surface area contributed by atoms with Gasteiger partial charge in [-0.1, -0.05) is 177 Å². The van der Waals surface area contributed by atoms with Gasteiger partial charge in [0.2, 0.25) is 0 Å². The zero-order valence-corrected chi connectivity index (χ0v) is 38.2. The maximum Gasteiger partial charge on any atom is 0.325 e. The number of hydrogen-bond acceptors (Lipinski definition) is 7. The van der Waals surface area contributed by atoms with Gasteiger partial charge in [-0.3, -0.25) is 24.2 Å². The summed E-state index contributed by atoms with van der Waals surface area (Å²) >= 11 is 0.